The van der Waals surface area contributed by atoms with Crippen molar-refractivity contribution in [3.63, 3.8) is 0 Å². The van der Waals surface area contributed by atoms with Gasteiger partial charge in [0, 0.05) is 19.3 Å². The number of aryl methyl sites for hydroxylation is 1. The van der Waals surface area contributed by atoms with Crippen LogP contribution in [0.1, 0.15) is 35.7 Å². The van der Waals surface area contributed by atoms with Gasteiger partial charge in [-0.25, -0.2) is 4.79 Å². The number of hydrogen-bond acceptors (Lipinski definition) is 4. The first-order valence-corrected chi connectivity index (χ1v) is 9.44. The van der Waals surface area contributed by atoms with Gasteiger partial charge in [0.2, 0.25) is 0 Å². The van der Waals surface area contributed by atoms with Crippen molar-refractivity contribution in [1.29, 1.82) is 0 Å². The second-order valence-electron chi connectivity index (χ2n) is 6.39. The number of para-hydroxylation sites is 1. The Morgan fingerprint density at radius 1 is 1.15 bits per heavy atom. The molecule has 0 unspecified atom stereocenters. The van der Waals surface area contributed by atoms with Crippen molar-refractivity contribution in [3.05, 3.63) is 53.6 Å². The second-order valence-corrected chi connectivity index (χ2v) is 6.80. The van der Waals surface area contributed by atoms with Crippen molar-refractivity contribution in [3.8, 4) is 0 Å². The van der Waals surface area contributed by atoms with E-state index in [1.54, 1.807) is 12.1 Å². The number of carbonyl (C=O) groups excluding carboxylic acids is 1. The number of ether oxygens (including phenoxy) is 1. The summed E-state index contributed by atoms with van der Waals surface area (Å²) in [5.74, 6) is -0.376. The van der Waals surface area contributed by atoms with Crippen molar-refractivity contribution in [2.24, 2.45) is 0 Å². The first-order valence-electron chi connectivity index (χ1n) is 9.03. The number of esters is 1. The van der Waals surface area contributed by atoms with E-state index in [-0.39, 0.29) is 5.97 Å². The third-order valence-electron chi connectivity index (χ3n) is 4.32. The Morgan fingerprint density at radius 3 is 2.52 bits per heavy atom. The lowest BCUT2D eigenvalue weighted by Gasteiger charge is -2.24. The number of anilines is 3. The van der Waals surface area contributed by atoms with E-state index in [0.717, 1.165) is 42.0 Å². The summed E-state index contributed by atoms with van der Waals surface area (Å²) < 4.78 is 4.84. The fourth-order valence-corrected chi connectivity index (χ4v) is 2.94. The maximum atomic E-state index is 11.9. The number of methoxy groups -OCH3 is 1. The molecule has 0 saturated heterocycles. The van der Waals surface area contributed by atoms with Crippen LogP contribution in [-0.2, 0) is 4.74 Å². The van der Waals surface area contributed by atoms with Gasteiger partial charge in [-0.15, -0.1) is 0 Å². The largest absolute Gasteiger partial charge is 0.465 e. The highest BCUT2D eigenvalue weighted by Crippen LogP contribution is 2.27. The van der Waals surface area contributed by atoms with Crippen LogP contribution in [0.4, 0.5) is 17.1 Å². The molecule has 6 heteroatoms. The third-order valence-corrected chi connectivity index (χ3v) is 4.52. The van der Waals surface area contributed by atoms with Crippen LogP contribution in [-0.4, -0.2) is 31.8 Å². The molecule has 0 amide bonds. The number of thiocarbonyl (C=S) groups is 1. The number of unbranched alkanes of at least 4 members (excludes halogenated alkanes) is 1. The minimum atomic E-state index is -0.376. The highest BCUT2D eigenvalue weighted by Gasteiger charge is 2.14. The van der Waals surface area contributed by atoms with Crippen LogP contribution in [0.15, 0.2) is 42.5 Å². The molecule has 144 valence electrons. The van der Waals surface area contributed by atoms with Gasteiger partial charge >= 0.3 is 5.97 Å². The summed E-state index contributed by atoms with van der Waals surface area (Å²) in [6, 6.07) is 13.4. The minimum absolute atomic E-state index is 0.376. The Bertz CT molecular complexity index is 808. The molecule has 0 heterocycles. The average molecular weight is 386 g/mol. The summed E-state index contributed by atoms with van der Waals surface area (Å²) in [6.45, 7) is 5.10. The standard InChI is InChI=1S/C21H27N3O2S/c1-5-6-13-24(3)19-12-11-16(20(25)26-4)14-18(19)23-21(27)22-17-10-8-7-9-15(17)2/h7-12,14H,5-6,13H2,1-4H3,(H2,22,23,27). The summed E-state index contributed by atoms with van der Waals surface area (Å²) in [5, 5.41) is 6.92. The first kappa shape index (κ1) is 20.7. The number of carbonyl (C=O) groups is 1. The van der Waals surface area contributed by atoms with Crippen molar-refractivity contribution >= 4 is 40.4 Å². The molecule has 0 aliphatic rings. The zero-order chi connectivity index (χ0) is 19.8. The van der Waals surface area contributed by atoms with Crippen molar-refractivity contribution in [2.45, 2.75) is 26.7 Å². The lowest BCUT2D eigenvalue weighted by Crippen LogP contribution is -2.24. The van der Waals surface area contributed by atoms with Crippen LogP contribution in [0.2, 0.25) is 0 Å². The fraction of sp³-hybridized carbons (Fsp3) is 0.333. The molecule has 0 radical (unpaired) electrons. The summed E-state index contributed by atoms with van der Waals surface area (Å²) in [5.41, 5.74) is 4.27. The highest BCUT2D eigenvalue weighted by atomic mass is 32.1. The fourth-order valence-electron chi connectivity index (χ4n) is 2.72. The van der Waals surface area contributed by atoms with E-state index in [1.165, 1.54) is 7.11 Å². The lowest BCUT2D eigenvalue weighted by atomic mass is 10.1. The Hall–Kier alpha value is -2.60. The van der Waals surface area contributed by atoms with Gasteiger partial charge in [-0.3, -0.25) is 0 Å². The second kappa shape index (κ2) is 9.92. The number of nitrogens with one attached hydrogen (secondary N) is 2. The van der Waals surface area contributed by atoms with Crippen molar-refractivity contribution < 1.29 is 9.53 Å². The molecule has 2 rings (SSSR count). The Labute approximate surface area is 166 Å². The monoisotopic (exact) mass is 385 g/mol. The quantitative estimate of drug-likeness (QED) is 0.526. The van der Waals surface area contributed by atoms with Gasteiger partial charge in [0.25, 0.3) is 0 Å². The Morgan fingerprint density at radius 2 is 1.85 bits per heavy atom. The maximum absolute atomic E-state index is 11.9. The van der Waals surface area contributed by atoms with E-state index in [4.69, 9.17) is 17.0 Å². The molecule has 0 fully saturated rings. The molecule has 0 saturated carbocycles. The van der Waals surface area contributed by atoms with Crippen molar-refractivity contribution in [2.75, 3.05) is 36.2 Å². The molecule has 0 aliphatic carbocycles. The van der Waals surface area contributed by atoms with E-state index >= 15 is 0 Å². The zero-order valence-electron chi connectivity index (χ0n) is 16.3. The van der Waals surface area contributed by atoms with Crippen LogP contribution in [0, 0.1) is 6.92 Å². The minimum Gasteiger partial charge on any atom is -0.465 e. The molecule has 0 aliphatic heterocycles. The third kappa shape index (κ3) is 5.69. The van der Waals surface area contributed by atoms with Gasteiger partial charge in [0.15, 0.2) is 5.11 Å². The van der Waals surface area contributed by atoms with Gasteiger partial charge in [0.05, 0.1) is 24.0 Å². The summed E-state index contributed by atoms with van der Waals surface area (Å²) >= 11 is 5.49. The highest BCUT2D eigenvalue weighted by molar-refractivity contribution is 7.80. The summed E-state index contributed by atoms with van der Waals surface area (Å²) in [4.78, 5) is 14.1. The van der Waals surface area contributed by atoms with Gasteiger partial charge < -0.3 is 20.3 Å². The number of nitrogens with zero attached hydrogens (tertiary/aromatic N) is 1. The first-order chi connectivity index (χ1) is 13.0. The topological polar surface area (TPSA) is 53.6 Å². The Balaban J connectivity index is 2.26. The predicted octanol–water partition coefficient (Wildman–Crippen LogP) is 4.83. The molecule has 0 bridgehead atoms. The van der Waals surface area contributed by atoms with E-state index < -0.39 is 0 Å². The molecular formula is C21H27N3O2S. The van der Waals surface area contributed by atoms with E-state index in [0.29, 0.717) is 10.7 Å². The van der Waals surface area contributed by atoms with Gasteiger partial charge in [-0.05, 0) is 55.4 Å². The normalized spacial score (nSPS) is 10.2. The van der Waals surface area contributed by atoms with E-state index in [9.17, 15) is 4.79 Å². The van der Waals surface area contributed by atoms with Crippen molar-refractivity contribution in [1.82, 2.24) is 0 Å². The molecule has 2 aromatic carbocycles. The molecule has 27 heavy (non-hydrogen) atoms. The van der Waals surface area contributed by atoms with Gasteiger partial charge in [-0.2, -0.15) is 0 Å². The average Bonchev–Trinajstić information content (AvgIpc) is 2.67. The molecule has 0 atom stereocenters. The summed E-state index contributed by atoms with van der Waals surface area (Å²) in [7, 11) is 3.41. The van der Waals surface area contributed by atoms with E-state index in [2.05, 4.69) is 22.5 Å². The Kier molecular flexibility index (Phi) is 7.61. The summed E-state index contributed by atoms with van der Waals surface area (Å²) in [6.07, 6.45) is 2.20. The van der Waals surface area contributed by atoms with Crippen LogP contribution in [0.25, 0.3) is 0 Å². The molecule has 5 nitrogen and oxygen atoms in total. The van der Waals surface area contributed by atoms with E-state index in [1.807, 2.05) is 44.3 Å². The van der Waals surface area contributed by atoms with Crippen LogP contribution in [0.3, 0.4) is 0 Å². The van der Waals surface area contributed by atoms with Crippen LogP contribution < -0.4 is 15.5 Å². The number of rotatable bonds is 7. The molecule has 0 aromatic heterocycles. The SMILES string of the molecule is CCCCN(C)c1ccc(C(=O)OC)cc1NC(=S)Nc1ccccc1C. The smallest absolute Gasteiger partial charge is 0.337 e. The van der Waals surface area contributed by atoms with Gasteiger partial charge in [0.1, 0.15) is 0 Å². The lowest BCUT2D eigenvalue weighted by molar-refractivity contribution is 0.0601. The van der Waals surface area contributed by atoms with Gasteiger partial charge in [-0.1, -0.05) is 31.5 Å². The molecule has 2 aromatic rings. The van der Waals surface area contributed by atoms with Crippen LogP contribution >= 0.6 is 12.2 Å². The molecule has 2 N–H and O–H groups in total. The maximum Gasteiger partial charge on any atom is 0.337 e. The zero-order valence-corrected chi connectivity index (χ0v) is 17.2. The molecular weight excluding hydrogens is 358 g/mol. The molecule has 0 spiro atoms. The predicted molar refractivity (Wildman–Crippen MR) is 117 cm³/mol. The van der Waals surface area contributed by atoms with Crippen LogP contribution in [0.5, 0.6) is 0 Å². The number of benzene rings is 2. The number of hydrogen-bond donors (Lipinski definition) is 2.